The molecule has 1 N–H and O–H groups in total. The van der Waals surface area contributed by atoms with Crippen molar-refractivity contribution in [3.8, 4) is 0 Å². The van der Waals surface area contributed by atoms with Crippen molar-refractivity contribution in [2.75, 3.05) is 13.1 Å². The molecule has 0 aromatic heterocycles. The highest BCUT2D eigenvalue weighted by Gasteiger charge is 2.40. The molecular weight excluding hydrogens is 126 g/mol. The number of ether oxygens (including phenoxy) is 1. The van der Waals surface area contributed by atoms with E-state index in [1.165, 1.54) is 19.3 Å². The summed E-state index contributed by atoms with van der Waals surface area (Å²) in [7, 11) is 0. The normalized spacial score (nSPS) is 47.1. The minimum absolute atomic E-state index is 0.249. The van der Waals surface area contributed by atoms with Gasteiger partial charge in [0, 0.05) is 6.54 Å². The first-order valence-electron chi connectivity index (χ1n) is 4.19. The second-order valence-electron chi connectivity index (χ2n) is 3.58. The van der Waals surface area contributed by atoms with Crippen LogP contribution >= 0.6 is 0 Å². The molecule has 0 saturated carbocycles. The first kappa shape index (κ1) is 6.62. The van der Waals surface area contributed by atoms with Crippen molar-refractivity contribution in [3.05, 3.63) is 0 Å². The number of hydrogen-bond donors (Lipinski definition) is 1. The first-order chi connectivity index (χ1) is 4.81. The summed E-state index contributed by atoms with van der Waals surface area (Å²) < 4.78 is 5.85. The molecule has 10 heavy (non-hydrogen) atoms. The summed E-state index contributed by atoms with van der Waals surface area (Å²) in [4.78, 5) is 0. The molecule has 2 rings (SSSR count). The molecule has 58 valence electrons. The predicted molar refractivity (Wildman–Crippen MR) is 40.0 cm³/mol. The number of nitrogens with one attached hydrogen (secondary N) is 1. The number of rotatable bonds is 0. The van der Waals surface area contributed by atoms with Gasteiger partial charge in [-0.3, -0.25) is 0 Å². The van der Waals surface area contributed by atoms with Crippen molar-refractivity contribution in [2.45, 2.75) is 37.9 Å². The number of hydrogen-bond acceptors (Lipinski definition) is 2. The van der Waals surface area contributed by atoms with E-state index in [1.54, 1.807) is 0 Å². The molecule has 0 aliphatic carbocycles. The highest BCUT2D eigenvalue weighted by atomic mass is 16.5. The van der Waals surface area contributed by atoms with Gasteiger partial charge in [-0.15, -0.1) is 0 Å². The zero-order valence-corrected chi connectivity index (χ0v) is 6.52. The van der Waals surface area contributed by atoms with Gasteiger partial charge in [-0.2, -0.15) is 0 Å². The molecule has 2 aliphatic heterocycles. The average molecular weight is 141 g/mol. The average Bonchev–Trinajstić information content (AvgIpc) is 2.46. The molecule has 2 nitrogen and oxygen atoms in total. The molecule has 2 unspecified atom stereocenters. The van der Waals surface area contributed by atoms with Crippen LogP contribution in [0.4, 0.5) is 0 Å². The molecule has 2 aliphatic rings. The van der Waals surface area contributed by atoms with E-state index < -0.39 is 0 Å². The van der Waals surface area contributed by atoms with Crippen molar-refractivity contribution in [1.29, 1.82) is 0 Å². The maximum atomic E-state index is 5.85. The maximum absolute atomic E-state index is 5.85. The lowest BCUT2D eigenvalue weighted by atomic mass is 9.99. The summed E-state index contributed by atoms with van der Waals surface area (Å²) in [5.74, 6) is 0. The summed E-state index contributed by atoms with van der Waals surface area (Å²) in [6.45, 7) is 4.40. The topological polar surface area (TPSA) is 21.3 Å². The van der Waals surface area contributed by atoms with E-state index in [-0.39, 0.29) is 5.60 Å². The minimum atomic E-state index is 0.249. The Morgan fingerprint density at radius 1 is 1.50 bits per heavy atom. The Labute approximate surface area is 61.9 Å². The fraction of sp³-hybridized carbons (Fsp3) is 1.00. The van der Waals surface area contributed by atoms with Gasteiger partial charge in [0.1, 0.15) is 0 Å². The highest BCUT2D eigenvalue weighted by molar-refractivity contribution is 4.94. The van der Waals surface area contributed by atoms with E-state index in [2.05, 4.69) is 12.2 Å². The van der Waals surface area contributed by atoms with Gasteiger partial charge in [-0.1, -0.05) is 0 Å². The summed E-state index contributed by atoms with van der Waals surface area (Å²) in [5, 5.41) is 3.35. The Kier molecular flexibility index (Phi) is 1.46. The molecule has 2 heterocycles. The molecule has 0 amide bonds. The molecule has 0 radical (unpaired) electrons. The monoisotopic (exact) mass is 141 g/mol. The van der Waals surface area contributed by atoms with Crippen LogP contribution in [0.3, 0.4) is 0 Å². The van der Waals surface area contributed by atoms with Gasteiger partial charge in [0.05, 0.1) is 11.7 Å². The lowest BCUT2D eigenvalue weighted by Gasteiger charge is -2.21. The summed E-state index contributed by atoms with van der Waals surface area (Å²) in [6, 6.07) is 0. The molecule has 0 aromatic rings. The zero-order chi connectivity index (χ0) is 7.03. The van der Waals surface area contributed by atoms with E-state index in [0.29, 0.717) is 6.10 Å². The lowest BCUT2D eigenvalue weighted by Crippen LogP contribution is -2.31. The van der Waals surface area contributed by atoms with Gasteiger partial charge in [0.2, 0.25) is 0 Å². The maximum Gasteiger partial charge on any atom is 0.0822 e. The Morgan fingerprint density at radius 2 is 2.40 bits per heavy atom. The van der Waals surface area contributed by atoms with Crippen LogP contribution in [-0.2, 0) is 4.74 Å². The SMILES string of the molecule is CC1CCC2(CCNC2)O1. The fourth-order valence-corrected chi connectivity index (χ4v) is 2.05. The standard InChI is InChI=1S/C8H15NO/c1-7-2-3-8(10-7)4-5-9-6-8/h7,9H,2-6H2,1H3. The van der Waals surface area contributed by atoms with E-state index in [0.717, 1.165) is 13.1 Å². The third kappa shape index (κ3) is 0.956. The van der Waals surface area contributed by atoms with Crippen LogP contribution in [0.15, 0.2) is 0 Å². The van der Waals surface area contributed by atoms with Crippen molar-refractivity contribution in [1.82, 2.24) is 5.32 Å². The van der Waals surface area contributed by atoms with Crippen molar-refractivity contribution >= 4 is 0 Å². The van der Waals surface area contributed by atoms with E-state index >= 15 is 0 Å². The molecular formula is C8H15NO. The second kappa shape index (κ2) is 2.21. The molecule has 2 heteroatoms. The fourth-order valence-electron chi connectivity index (χ4n) is 2.05. The van der Waals surface area contributed by atoms with Crippen molar-refractivity contribution in [2.24, 2.45) is 0 Å². The summed E-state index contributed by atoms with van der Waals surface area (Å²) in [5.41, 5.74) is 0.249. The largest absolute Gasteiger partial charge is 0.371 e. The van der Waals surface area contributed by atoms with E-state index in [9.17, 15) is 0 Å². The van der Waals surface area contributed by atoms with Crippen LogP contribution < -0.4 is 5.32 Å². The smallest absolute Gasteiger partial charge is 0.0822 e. The Hall–Kier alpha value is -0.0800. The lowest BCUT2D eigenvalue weighted by molar-refractivity contribution is -0.0191. The van der Waals surface area contributed by atoms with E-state index in [4.69, 9.17) is 4.74 Å². The quantitative estimate of drug-likeness (QED) is 0.541. The van der Waals surface area contributed by atoms with Gasteiger partial charge in [-0.25, -0.2) is 0 Å². The molecule has 2 saturated heterocycles. The summed E-state index contributed by atoms with van der Waals surface area (Å²) in [6.07, 6.45) is 4.24. The van der Waals surface area contributed by atoms with Crippen LogP contribution in [0.5, 0.6) is 0 Å². The predicted octanol–water partition coefficient (Wildman–Crippen LogP) is 0.917. The van der Waals surface area contributed by atoms with Gasteiger partial charge in [0.25, 0.3) is 0 Å². The van der Waals surface area contributed by atoms with Gasteiger partial charge in [0.15, 0.2) is 0 Å². The molecule has 1 spiro atoms. The van der Waals surface area contributed by atoms with Crippen molar-refractivity contribution < 1.29 is 4.74 Å². The zero-order valence-electron chi connectivity index (χ0n) is 6.52. The first-order valence-corrected chi connectivity index (χ1v) is 4.19. The van der Waals surface area contributed by atoms with Crippen LogP contribution in [0.2, 0.25) is 0 Å². The minimum Gasteiger partial charge on any atom is -0.371 e. The molecule has 2 fully saturated rings. The van der Waals surface area contributed by atoms with Gasteiger partial charge >= 0.3 is 0 Å². The second-order valence-corrected chi connectivity index (χ2v) is 3.58. The molecule has 0 aromatic carbocycles. The van der Waals surface area contributed by atoms with Crippen LogP contribution in [0.25, 0.3) is 0 Å². The van der Waals surface area contributed by atoms with Crippen LogP contribution in [0.1, 0.15) is 26.2 Å². The van der Waals surface area contributed by atoms with E-state index in [1.807, 2.05) is 0 Å². The highest BCUT2D eigenvalue weighted by Crippen LogP contribution is 2.34. The third-order valence-corrected chi connectivity index (χ3v) is 2.66. The summed E-state index contributed by atoms with van der Waals surface area (Å²) >= 11 is 0. The van der Waals surface area contributed by atoms with Crippen LogP contribution in [0, 0.1) is 0 Å². The van der Waals surface area contributed by atoms with Crippen LogP contribution in [-0.4, -0.2) is 24.8 Å². The van der Waals surface area contributed by atoms with Gasteiger partial charge < -0.3 is 10.1 Å². The Morgan fingerprint density at radius 3 is 2.90 bits per heavy atom. The van der Waals surface area contributed by atoms with Gasteiger partial charge in [-0.05, 0) is 32.7 Å². The molecule has 0 bridgehead atoms. The van der Waals surface area contributed by atoms with Crippen molar-refractivity contribution in [3.63, 3.8) is 0 Å². The Balaban J connectivity index is 2.03. The Bertz CT molecular complexity index is 129. The molecule has 2 atom stereocenters. The third-order valence-electron chi connectivity index (χ3n) is 2.66.